The summed E-state index contributed by atoms with van der Waals surface area (Å²) in [7, 11) is 0. The fourth-order valence-corrected chi connectivity index (χ4v) is 3.76. The van der Waals surface area contributed by atoms with Crippen molar-refractivity contribution in [2.24, 2.45) is 0 Å². The van der Waals surface area contributed by atoms with Crippen LogP contribution in [0.25, 0.3) is 5.65 Å². The maximum atomic E-state index is 14.6. The summed E-state index contributed by atoms with van der Waals surface area (Å²) < 4.78 is 16.5. The molecule has 1 fully saturated rings. The smallest absolute Gasteiger partial charge is 0.223 e. The molecule has 0 aliphatic carbocycles. The Bertz CT molecular complexity index is 943. The molecule has 2 aromatic heterocycles. The lowest BCUT2D eigenvalue weighted by Gasteiger charge is -2.22. The van der Waals surface area contributed by atoms with Gasteiger partial charge in [-0.05, 0) is 49.1 Å². The van der Waals surface area contributed by atoms with Gasteiger partial charge in [-0.3, -0.25) is 4.79 Å². The second kappa shape index (κ2) is 6.90. The van der Waals surface area contributed by atoms with E-state index in [1.807, 2.05) is 40.6 Å². The number of hydrogen-bond acceptors (Lipinski definition) is 2. The molecule has 5 heteroatoms. The second-order valence-electron chi connectivity index (χ2n) is 6.98. The van der Waals surface area contributed by atoms with E-state index in [1.54, 1.807) is 18.3 Å². The van der Waals surface area contributed by atoms with Crippen LogP contribution in [0.2, 0.25) is 0 Å². The number of likely N-dealkylation sites (tertiary alicyclic amines) is 1. The number of fused-ring (bicyclic) bond motifs is 1. The van der Waals surface area contributed by atoms with Crippen molar-refractivity contribution in [1.82, 2.24) is 14.3 Å². The Labute approximate surface area is 152 Å². The number of rotatable bonds is 4. The number of nitrogens with zero attached hydrogens (tertiary/aromatic N) is 3. The summed E-state index contributed by atoms with van der Waals surface area (Å²) >= 11 is 0. The largest absolute Gasteiger partial charge is 0.343 e. The third-order valence-electron chi connectivity index (χ3n) is 5.17. The van der Waals surface area contributed by atoms with Gasteiger partial charge in [0.05, 0.1) is 5.69 Å². The van der Waals surface area contributed by atoms with E-state index < -0.39 is 0 Å². The summed E-state index contributed by atoms with van der Waals surface area (Å²) in [4.78, 5) is 19.2. The summed E-state index contributed by atoms with van der Waals surface area (Å²) in [6, 6.07) is 10.7. The van der Waals surface area contributed by atoms with E-state index in [1.165, 1.54) is 6.07 Å². The van der Waals surface area contributed by atoms with Gasteiger partial charge in [0, 0.05) is 37.8 Å². The normalized spacial score (nSPS) is 15.5. The molecule has 1 saturated heterocycles. The molecule has 0 N–H and O–H groups in total. The first-order chi connectivity index (χ1) is 12.6. The lowest BCUT2D eigenvalue weighted by Crippen LogP contribution is -2.29. The highest BCUT2D eigenvalue weighted by Gasteiger charge is 2.27. The molecule has 0 spiro atoms. The second-order valence-corrected chi connectivity index (χ2v) is 6.98. The van der Waals surface area contributed by atoms with Crippen LogP contribution in [0.1, 0.15) is 42.0 Å². The van der Waals surface area contributed by atoms with Gasteiger partial charge in [-0.2, -0.15) is 0 Å². The molecule has 26 heavy (non-hydrogen) atoms. The van der Waals surface area contributed by atoms with Crippen LogP contribution >= 0.6 is 0 Å². The number of carbonyl (C=O) groups is 1. The van der Waals surface area contributed by atoms with Crippen LogP contribution in [0, 0.1) is 12.7 Å². The maximum Gasteiger partial charge on any atom is 0.223 e. The van der Waals surface area contributed by atoms with Crippen LogP contribution in [0.5, 0.6) is 0 Å². The monoisotopic (exact) mass is 351 g/mol. The molecule has 0 unspecified atom stereocenters. The third-order valence-corrected chi connectivity index (χ3v) is 5.17. The van der Waals surface area contributed by atoms with Gasteiger partial charge in [0.15, 0.2) is 0 Å². The Morgan fingerprint density at radius 1 is 1.23 bits per heavy atom. The molecule has 0 saturated carbocycles. The molecule has 0 bridgehead atoms. The number of imidazole rings is 1. The van der Waals surface area contributed by atoms with Crippen LogP contribution in [-0.4, -0.2) is 33.3 Å². The van der Waals surface area contributed by atoms with E-state index in [-0.39, 0.29) is 24.1 Å². The average Bonchev–Trinajstić information content (AvgIpc) is 3.30. The first-order valence-corrected chi connectivity index (χ1v) is 9.09. The number of aromatic nitrogens is 2. The predicted molar refractivity (Wildman–Crippen MR) is 98.6 cm³/mol. The maximum absolute atomic E-state index is 14.6. The first-order valence-electron chi connectivity index (χ1n) is 9.09. The lowest BCUT2D eigenvalue weighted by molar-refractivity contribution is -0.130. The fraction of sp³-hybridized carbons (Fsp3) is 0.333. The Morgan fingerprint density at radius 3 is 2.77 bits per heavy atom. The number of benzene rings is 1. The highest BCUT2D eigenvalue weighted by Crippen LogP contribution is 2.31. The zero-order chi connectivity index (χ0) is 18.1. The molecule has 134 valence electrons. The summed E-state index contributed by atoms with van der Waals surface area (Å²) in [5, 5.41) is 0. The van der Waals surface area contributed by atoms with Crippen LogP contribution in [0.4, 0.5) is 4.39 Å². The van der Waals surface area contributed by atoms with E-state index in [4.69, 9.17) is 0 Å². The molecular formula is C21H22FN3O. The highest BCUT2D eigenvalue weighted by atomic mass is 19.1. The number of amides is 1. The zero-order valence-corrected chi connectivity index (χ0v) is 14.9. The van der Waals surface area contributed by atoms with Crippen molar-refractivity contribution < 1.29 is 9.18 Å². The summed E-state index contributed by atoms with van der Waals surface area (Å²) in [5.41, 5.74) is 3.32. The van der Waals surface area contributed by atoms with Gasteiger partial charge < -0.3 is 9.30 Å². The van der Waals surface area contributed by atoms with Crippen molar-refractivity contribution in [1.29, 1.82) is 0 Å². The van der Waals surface area contributed by atoms with Crippen molar-refractivity contribution in [2.45, 2.75) is 32.1 Å². The standard InChI is InChI=1S/C21H22FN3O/c1-15-8-11-25-19(14-23-20(25)12-15)17(16-6-2-3-7-18(16)22)13-21(26)24-9-4-5-10-24/h2-3,6-8,11-12,14,17H,4-5,9-10,13H2,1H3/t17-/m0/s1. The van der Waals surface area contributed by atoms with Gasteiger partial charge in [-0.15, -0.1) is 0 Å². The minimum Gasteiger partial charge on any atom is -0.343 e. The summed E-state index contributed by atoms with van der Waals surface area (Å²) in [5.74, 6) is -0.561. The number of hydrogen-bond donors (Lipinski definition) is 0. The lowest BCUT2D eigenvalue weighted by atomic mass is 9.91. The fourth-order valence-electron chi connectivity index (χ4n) is 3.76. The molecular weight excluding hydrogens is 329 g/mol. The quantitative estimate of drug-likeness (QED) is 0.714. The van der Waals surface area contributed by atoms with E-state index in [9.17, 15) is 9.18 Å². The van der Waals surface area contributed by atoms with Gasteiger partial charge in [-0.25, -0.2) is 9.37 Å². The molecule has 1 amide bonds. The molecule has 1 aliphatic rings. The number of pyridine rings is 1. The Morgan fingerprint density at radius 2 is 2.00 bits per heavy atom. The average molecular weight is 351 g/mol. The number of aryl methyl sites for hydroxylation is 1. The van der Waals surface area contributed by atoms with Crippen molar-refractivity contribution >= 4 is 11.6 Å². The molecule has 3 heterocycles. The molecule has 4 nitrogen and oxygen atoms in total. The van der Waals surface area contributed by atoms with Crippen LogP contribution < -0.4 is 0 Å². The van der Waals surface area contributed by atoms with Gasteiger partial charge in [0.25, 0.3) is 0 Å². The van der Waals surface area contributed by atoms with E-state index in [0.29, 0.717) is 5.56 Å². The predicted octanol–water partition coefficient (Wildman–Crippen LogP) is 3.93. The molecule has 4 rings (SSSR count). The number of halogens is 1. The van der Waals surface area contributed by atoms with E-state index in [2.05, 4.69) is 4.98 Å². The first kappa shape index (κ1) is 16.8. The van der Waals surface area contributed by atoms with Crippen molar-refractivity contribution in [2.75, 3.05) is 13.1 Å². The molecule has 1 atom stereocenters. The Hall–Kier alpha value is -2.69. The highest BCUT2D eigenvalue weighted by molar-refractivity contribution is 5.78. The van der Waals surface area contributed by atoms with Crippen molar-refractivity contribution in [3.8, 4) is 0 Å². The van der Waals surface area contributed by atoms with E-state index in [0.717, 1.165) is 42.8 Å². The van der Waals surface area contributed by atoms with Gasteiger partial charge in [-0.1, -0.05) is 18.2 Å². The van der Waals surface area contributed by atoms with Gasteiger partial charge in [0.2, 0.25) is 5.91 Å². The van der Waals surface area contributed by atoms with Crippen LogP contribution in [-0.2, 0) is 4.79 Å². The van der Waals surface area contributed by atoms with Crippen LogP contribution in [0.15, 0.2) is 48.8 Å². The van der Waals surface area contributed by atoms with Gasteiger partial charge in [0.1, 0.15) is 11.5 Å². The van der Waals surface area contributed by atoms with Crippen molar-refractivity contribution in [3.05, 3.63) is 71.4 Å². The summed E-state index contributed by atoms with van der Waals surface area (Å²) in [6.07, 6.45) is 6.06. The van der Waals surface area contributed by atoms with Gasteiger partial charge >= 0.3 is 0 Å². The van der Waals surface area contributed by atoms with E-state index >= 15 is 0 Å². The zero-order valence-electron chi connectivity index (χ0n) is 14.9. The third kappa shape index (κ3) is 3.09. The molecule has 1 aromatic carbocycles. The van der Waals surface area contributed by atoms with Crippen LogP contribution in [0.3, 0.4) is 0 Å². The molecule has 1 aliphatic heterocycles. The minimum atomic E-state index is -0.359. The van der Waals surface area contributed by atoms with Crippen molar-refractivity contribution in [3.63, 3.8) is 0 Å². The summed E-state index contributed by atoms with van der Waals surface area (Å²) in [6.45, 7) is 3.62. The topological polar surface area (TPSA) is 37.6 Å². The SMILES string of the molecule is Cc1ccn2c([C@@H](CC(=O)N3CCCC3)c3ccccc3F)cnc2c1. The number of carbonyl (C=O) groups excluding carboxylic acids is 1. The Balaban J connectivity index is 1.76. The molecule has 0 radical (unpaired) electrons. The molecule has 3 aromatic rings. The minimum absolute atomic E-state index is 0.0813. The Kier molecular flexibility index (Phi) is 4.45.